The fourth-order valence-corrected chi connectivity index (χ4v) is 3.19. The summed E-state index contributed by atoms with van der Waals surface area (Å²) < 4.78 is 12.1. The van der Waals surface area contributed by atoms with Gasteiger partial charge in [-0.15, -0.1) is 0 Å². The zero-order chi connectivity index (χ0) is 20.3. The van der Waals surface area contributed by atoms with Crippen LogP contribution >= 0.6 is 0 Å². The molecule has 0 fully saturated rings. The Hall–Kier alpha value is -3.41. The van der Waals surface area contributed by atoms with Crippen LogP contribution in [0.25, 0.3) is 22.5 Å². The van der Waals surface area contributed by atoms with Gasteiger partial charge in [-0.25, -0.2) is 0 Å². The van der Waals surface area contributed by atoms with Crippen molar-refractivity contribution in [3.8, 4) is 34.0 Å². The van der Waals surface area contributed by atoms with Gasteiger partial charge in [-0.3, -0.25) is 14.3 Å². The van der Waals surface area contributed by atoms with Crippen molar-refractivity contribution in [3.63, 3.8) is 0 Å². The van der Waals surface area contributed by atoms with Gasteiger partial charge < -0.3 is 9.47 Å². The topological polar surface area (TPSA) is 70.4 Å². The van der Waals surface area contributed by atoms with Crippen molar-refractivity contribution in [2.24, 2.45) is 7.05 Å². The molecule has 3 rings (SSSR count). The SMILES string of the molecule is CCc1c(-c2ccc(OC(C)=O)cc2)nn(C)c1-c1ccc(OC(C)=O)cc1. The molecule has 28 heavy (non-hydrogen) atoms. The first-order chi connectivity index (χ1) is 13.4. The predicted octanol–water partition coefficient (Wildman–Crippen LogP) is 4.17. The largest absolute Gasteiger partial charge is 0.427 e. The van der Waals surface area contributed by atoms with E-state index < -0.39 is 0 Å². The Morgan fingerprint density at radius 2 is 1.32 bits per heavy atom. The highest BCUT2D eigenvalue weighted by Gasteiger charge is 2.18. The third-order valence-corrected chi connectivity index (χ3v) is 4.28. The molecule has 0 unspecified atom stereocenters. The van der Waals surface area contributed by atoms with Crippen LogP contribution in [0.4, 0.5) is 0 Å². The lowest BCUT2D eigenvalue weighted by atomic mass is 10.00. The van der Waals surface area contributed by atoms with E-state index in [2.05, 4.69) is 6.92 Å². The number of hydrogen-bond acceptors (Lipinski definition) is 5. The summed E-state index contributed by atoms with van der Waals surface area (Å²) in [4.78, 5) is 22.2. The molecule has 0 spiro atoms. The molecule has 0 aliphatic rings. The first kappa shape index (κ1) is 19.4. The molecule has 3 aromatic rings. The lowest BCUT2D eigenvalue weighted by Crippen LogP contribution is -2.01. The lowest BCUT2D eigenvalue weighted by Gasteiger charge is -2.08. The number of ether oxygens (including phenoxy) is 2. The zero-order valence-corrected chi connectivity index (χ0v) is 16.4. The summed E-state index contributed by atoms with van der Waals surface area (Å²) in [5.74, 6) is 0.325. The fraction of sp³-hybridized carbons (Fsp3) is 0.227. The molecule has 0 amide bonds. The highest BCUT2D eigenvalue weighted by Crippen LogP contribution is 2.33. The van der Waals surface area contributed by atoms with E-state index in [1.54, 1.807) is 24.3 Å². The van der Waals surface area contributed by atoms with E-state index >= 15 is 0 Å². The number of hydrogen-bond donors (Lipinski definition) is 0. The number of benzene rings is 2. The smallest absolute Gasteiger partial charge is 0.308 e. The van der Waals surface area contributed by atoms with Crippen molar-refractivity contribution in [3.05, 3.63) is 54.1 Å². The maximum Gasteiger partial charge on any atom is 0.308 e. The molecule has 0 saturated heterocycles. The molecule has 6 nitrogen and oxygen atoms in total. The summed E-state index contributed by atoms with van der Waals surface area (Å²) in [6.45, 7) is 4.84. The van der Waals surface area contributed by atoms with E-state index in [-0.39, 0.29) is 11.9 Å². The Labute approximate surface area is 163 Å². The van der Waals surface area contributed by atoms with E-state index in [0.29, 0.717) is 11.5 Å². The summed E-state index contributed by atoms with van der Waals surface area (Å²) in [6.07, 6.45) is 0.801. The van der Waals surface area contributed by atoms with Crippen molar-refractivity contribution in [1.82, 2.24) is 9.78 Å². The monoisotopic (exact) mass is 378 g/mol. The average molecular weight is 378 g/mol. The minimum absolute atomic E-state index is 0.345. The number of esters is 2. The van der Waals surface area contributed by atoms with E-state index in [4.69, 9.17) is 14.6 Å². The van der Waals surface area contributed by atoms with Crippen LogP contribution < -0.4 is 9.47 Å². The Morgan fingerprint density at radius 1 is 0.857 bits per heavy atom. The van der Waals surface area contributed by atoms with Crippen LogP contribution in [-0.2, 0) is 23.1 Å². The van der Waals surface area contributed by atoms with Crippen LogP contribution in [0.1, 0.15) is 26.3 Å². The molecule has 0 aliphatic carbocycles. The summed E-state index contributed by atoms with van der Waals surface area (Å²) in [5.41, 5.74) is 4.95. The van der Waals surface area contributed by atoms with Crippen LogP contribution in [0.2, 0.25) is 0 Å². The average Bonchev–Trinajstić information content (AvgIpc) is 2.98. The molecule has 2 aromatic carbocycles. The molecule has 0 saturated carbocycles. The second kappa shape index (κ2) is 8.08. The second-order valence-electron chi connectivity index (χ2n) is 6.39. The Balaban J connectivity index is 1.98. The summed E-state index contributed by atoms with van der Waals surface area (Å²) in [7, 11) is 1.91. The Morgan fingerprint density at radius 3 is 1.75 bits per heavy atom. The van der Waals surface area contributed by atoms with Gasteiger partial charge in [-0.05, 0) is 55.0 Å². The van der Waals surface area contributed by atoms with Crippen molar-refractivity contribution in [1.29, 1.82) is 0 Å². The van der Waals surface area contributed by atoms with Crippen LogP contribution in [0, 0.1) is 0 Å². The standard InChI is InChI=1S/C22H22N2O4/c1-5-20-21(16-6-10-18(11-7-16)27-14(2)25)23-24(4)22(20)17-8-12-19(13-9-17)28-15(3)26/h6-13H,5H2,1-4H3. The third-order valence-electron chi connectivity index (χ3n) is 4.28. The molecule has 0 bridgehead atoms. The molecule has 0 atom stereocenters. The fourth-order valence-electron chi connectivity index (χ4n) is 3.19. The summed E-state index contributed by atoms with van der Waals surface area (Å²) >= 11 is 0. The molecular formula is C22H22N2O4. The van der Waals surface area contributed by atoms with E-state index in [9.17, 15) is 9.59 Å². The maximum atomic E-state index is 11.1. The lowest BCUT2D eigenvalue weighted by molar-refractivity contribution is -0.132. The summed E-state index contributed by atoms with van der Waals surface area (Å²) in [6, 6.07) is 14.7. The number of carbonyl (C=O) groups excluding carboxylic acids is 2. The molecule has 144 valence electrons. The molecule has 1 heterocycles. The van der Waals surface area contributed by atoms with Crippen LogP contribution in [0.5, 0.6) is 11.5 Å². The van der Waals surface area contributed by atoms with Gasteiger partial charge >= 0.3 is 11.9 Å². The number of aryl methyl sites for hydroxylation is 1. The van der Waals surface area contributed by atoms with Crippen LogP contribution in [0.3, 0.4) is 0 Å². The van der Waals surface area contributed by atoms with Gasteiger partial charge in [0.25, 0.3) is 0 Å². The maximum absolute atomic E-state index is 11.1. The highest BCUT2D eigenvalue weighted by atomic mass is 16.5. The third kappa shape index (κ3) is 4.11. The van der Waals surface area contributed by atoms with Gasteiger partial charge in [-0.1, -0.05) is 6.92 Å². The van der Waals surface area contributed by atoms with Crippen LogP contribution in [0.15, 0.2) is 48.5 Å². The van der Waals surface area contributed by atoms with E-state index in [0.717, 1.165) is 34.5 Å². The van der Waals surface area contributed by atoms with Crippen molar-refractivity contribution >= 4 is 11.9 Å². The molecule has 0 aliphatic heterocycles. The first-order valence-electron chi connectivity index (χ1n) is 9.02. The number of carbonyl (C=O) groups is 2. The minimum atomic E-state index is -0.348. The molecule has 1 aromatic heterocycles. The van der Waals surface area contributed by atoms with Gasteiger partial charge in [0.05, 0.1) is 11.4 Å². The minimum Gasteiger partial charge on any atom is -0.427 e. The molecule has 0 N–H and O–H groups in total. The Kier molecular flexibility index (Phi) is 5.59. The summed E-state index contributed by atoms with van der Waals surface area (Å²) in [5, 5.41) is 4.71. The quantitative estimate of drug-likeness (QED) is 0.492. The van der Waals surface area contributed by atoms with Crippen molar-refractivity contribution < 1.29 is 19.1 Å². The van der Waals surface area contributed by atoms with Crippen molar-refractivity contribution in [2.75, 3.05) is 0 Å². The van der Waals surface area contributed by atoms with Crippen molar-refractivity contribution in [2.45, 2.75) is 27.2 Å². The van der Waals surface area contributed by atoms with Gasteiger partial charge in [0, 0.05) is 37.6 Å². The van der Waals surface area contributed by atoms with E-state index in [1.165, 1.54) is 13.8 Å². The molecule has 6 heteroatoms. The zero-order valence-electron chi connectivity index (χ0n) is 16.4. The molecule has 0 radical (unpaired) electrons. The predicted molar refractivity (Wildman–Crippen MR) is 106 cm³/mol. The number of nitrogens with zero attached hydrogens (tertiary/aromatic N) is 2. The van der Waals surface area contributed by atoms with E-state index in [1.807, 2.05) is 36.0 Å². The molecular weight excluding hydrogens is 356 g/mol. The van der Waals surface area contributed by atoms with Crippen LogP contribution in [-0.4, -0.2) is 21.7 Å². The van der Waals surface area contributed by atoms with Gasteiger partial charge in [0.1, 0.15) is 11.5 Å². The first-order valence-corrected chi connectivity index (χ1v) is 9.02. The Bertz CT molecular complexity index is 1000. The number of aromatic nitrogens is 2. The van der Waals surface area contributed by atoms with Gasteiger partial charge in [0.15, 0.2) is 0 Å². The van der Waals surface area contributed by atoms with Gasteiger partial charge in [-0.2, -0.15) is 5.10 Å². The van der Waals surface area contributed by atoms with Gasteiger partial charge in [0.2, 0.25) is 0 Å². The second-order valence-corrected chi connectivity index (χ2v) is 6.39. The number of rotatable bonds is 5. The normalized spacial score (nSPS) is 10.6. The highest BCUT2D eigenvalue weighted by molar-refractivity contribution is 5.76.